The van der Waals surface area contributed by atoms with E-state index >= 15 is 0 Å². The summed E-state index contributed by atoms with van der Waals surface area (Å²) in [5, 5.41) is 0.566. The minimum Gasteiger partial charge on any atom is -0.489 e. The van der Waals surface area contributed by atoms with Crippen molar-refractivity contribution in [3.8, 4) is 11.5 Å². The van der Waals surface area contributed by atoms with Gasteiger partial charge in [-0.15, -0.1) is 0 Å². The van der Waals surface area contributed by atoms with Gasteiger partial charge >= 0.3 is 12.6 Å². The summed E-state index contributed by atoms with van der Waals surface area (Å²) in [4.78, 5) is 16.4. The second kappa shape index (κ2) is 13.7. The summed E-state index contributed by atoms with van der Waals surface area (Å²) in [6.45, 7) is -2.98. The lowest BCUT2D eigenvalue weighted by atomic mass is 10.0. The van der Waals surface area contributed by atoms with Crippen molar-refractivity contribution in [1.82, 2.24) is 4.31 Å². The standard InChI is InChI=1S/C29H28Cl2F2N2O7S/c30-22-14-34-15-23(31)21(22)13-25(19-8-9-24(42-29(32)33)26(12-19)40-17-18-6-7-18)41-28(36)27-16-35(10-11-39-27)43(37,38)20-4-2-1-3-5-20/h1-5,8-9,12,14-15,18,25,27,29H,6-7,10-11,13,16-17H2/p+1/t25-,27-/m0/s1. The Balaban J connectivity index is 1.41. The maximum atomic E-state index is 13.5. The summed E-state index contributed by atoms with van der Waals surface area (Å²) in [6.07, 6.45) is 2.74. The van der Waals surface area contributed by atoms with E-state index in [9.17, 15) is 22.0 Å². The summed E-state index contributed by atoms with van der Waals surface area (Å²) in [5.41, 5.74) is 0.858. The van der Waals surface area contributed by atoms with E-state index in [1.807, 2.05) is 0 Å². The molecule has 2 aromatic carbocycles. The Morgan fingerprint density at radius 1 is 1.07 bits per heavy atom. The molecule has 0 spiro atoms. The van der Waals surface area contributed by atoms with Gasteiger partial charge in [-0.3, -0.25) is 0 Å². The summed E-state index contributed by atoms with van der Waals surface area (Å²) in [5.74, 6) is -0.583. The first-order chi connectivity index (χ1) is 20.6. The van der Waals surface area contributed by atoms with Crippen LogP contribution in [-0.4, -0.2) is 57.7 Å². The Bertz CT molecular complexity index is 1520. The average molecular weight is 659 g/mol. The molecular weight excluding hydrogens is 629 g/mol. The summed E-state index contributed by atoms with van der Waals surface area (Å²) in [6, 6.07) is 12.1. The molecule has 43 heavy (non-hydrogen) atoms. The highest BCUT2D eigenvalue weighted by Crippen LogP contribution is 2.38. The van der Waals surface area contributed by atoms with E-state index in [0.29, 0.717) is 23.7 Å². The molecule has 1 aliphatic heterocycles. The molecule has 1 N–H and O–H groups in total. The fourth-order valence-corrected chi connectivity index (χ4v) is 6.53. The van der Waals surface area contributed by atoms with Crippen molar-refractivity contribution in [3.05, 3.63) is 82.1 Å². The predicted octanol–water partition coefficient (Wildman–Crippen LogP) is 5.11. The molecule has 2 fully saturated rings. The second-order valence-electron chi connectivity index (χ2n) is 10.1. The Kier molecular flexibility index (Phi) is 10.0. The lowest BCUT2D eigenvalue weighted by Crippen LogP contribution is -2.49. The first kappa shape index (κ1) is 31.4. The number of pyridine rings is 1. The van der Waals surface area contributed by atoms with Crippen molar-refractivity contribution in [2.45, 2.75) is 43.0 Å². The van der Waals surface area contributed by atoms with E-state index in [-0.39, 0.29) is 52.6 Å². The van der Waals surface area contributed by atoms with Gasteiger partial charge in [-0.1, -0.05) is 47.5 Å². The summed E-state index contributed by atoms with van der Waals surface area (Å²) >= 11 is 12.8. The van der Waals surface area contributed by atoms with E-state index in [1.54, 1.807) is 18.2 Å². The zero-order chi connectivity index (χ0) is 30.6. The first-order valence-corrected chi connectivity index (χ1v) is 15.7. The number of ether oxygens (including phenoxy) is 4. The third-order valence-electron chi connectivity index (χ3n) is 7.04. The normalized spacial score (nSPS) is 18.3. The number of rotatable bonds is 12. The molecule has 0 unspecified atom stereocenters. The van der Waals surface area contributed by atoms with E-state index in [2.05, 4.69) is 9.72 Å². The number of hydrogen-bond donors (Lipinski definition) is 0. The first-order valence-electron chi connectivity index (χ1n) is 13.5. The van der Waals surface area contributed by atoms with E-state index in [1.165, 1.54) is 47.0 Å². The largest absolute Gasteiger partial charge is 0.489 e. The number of halogens is 4. The molecule has 2 heterocycles. The van der Waals surface area contributed by atoms with Crippen molar-refractivity contribution in [2.24, 2.45) is 5.92 Å². The van der Waals surface area contributed by atoms with E-state index in [4.69, 9.17) is 37.4 Å². The van der Waals surface area contributed by atoms with Crippen LogP contribution in [0.25, 0.3) is 0 Å². The van der Waals surface area contributed by atoms with Gasteiger partial charge in [0.05, 0.1) is 24.7 Å². The van der Waals surface area contributed by atoms with Crippen molar-refractivity contribution in [2.75, 3.05) is 26.3 Å². The van der Waals surface area contributed by atoms with Crippen LogP contribution in [0.3, 0.4) is 0 Å². The molecule has 0 bridgehead atoms. The highest BCUT2D eigenvalue weighted by atomic mass is 35.5. The molecule has 1 saturated carbocycles. The Morgan fingerprint density at radius 3 is 2.47 bits per heavy atom. The monoisotopic (exact) mass is 657 g/mol. The van der Waals surface area contributed by atoms with Gasteiger partial charge in [0.15, 0.2) is 30.0 Å². The third kappa shape index (κ3) is 7.93. The van der Waals surface area contributed by atoms with Gasteiger partial charge in [-0.25, -0.2) is 18.2 Å². The van der Waals surface area contributed by atoms with Crippen LogP contribution in [0.15, 0.2) is 65.8 Å². The van der Waals surface area contributed by atoms with Gasteiger partial charge in [-0.2, -0.15) is 13.1 Å². The molecule has 230 valence electrons. The topological polar surface area (TPSA) is 106 Å². The summed E-state index contributed by atoms with van der Waals surface area (Å²) < 4.78 is 75.8. The Labute approximate surface area is 257 Å². The second-order valence-corrected chi connectivity index (χ2v) is 12.9. The quantitative estimate of drug-likeness (QED) is 0.249. The highest BCUT2D eigenvalue weighted by Gasteiger charge is 2.36. The van der Waals surface area contributed by atoms with Crippen LogP contribution in [0.5, 0.6) is 11.5 Å². The van der Waals surface area contributed by atoms with E-state index in [0.717, 1.165) is 12.8 Å². The molecule has 5 rings (SSSR count). The van der Waals surface area contributed by atoms with E-state index < -0.39 is 34.8 Å². The molecule has 1 aliphatic carbocycles. The maximum absolute atomic E-state index is 13.5. The Hall–Kier alpha value is -3.03. The third-order valence-corrected chi connectivity index (χ3v) is 9.60. The molecule has 1 saturated heterocycles. The number of carbonyl (C=O) groups excluding carboxylic acids is 1. The number of aromatic nitrogens is 1. The molecule has 9 nitrogen and oxygen atoms in total. The molecule has 1 aromatic heterocycles. The number of alkyl halides is 2. The molecule has 14 heteroatoms. The van der Waals surface area contributed by atoms with Crippen LogP contribution in [0.2, 0.25) is 10.0 Å². The molecule has 2 atom stereocenters. The van der Waals surface area contributed by atoms with Crippen LogP contribution in [0.4, 0.5) is 8.78 Å². The lowest BCUT2D eigenvalue weighted by Gasteiger charge is -2.32. The van der Waals surface area contributed by atoms with Crippen molar-refractivity contribution in [3.63, 3.8) is 0 Å². The fraction of sp³-hybridized carbons (Fsp3) is 0.379. The molecule has 0 radical (unpaired) electrons. The molecule has 0 amide bonds. The van der Waals surface area contributed by atoms with Crippen LogP contribution in [-0.2, 0) is 30.7 Å². The number of esters is 1. The number of nitrogens with one attached hydrogen (secondary N) is 1. The average Bonchev–Trinajstić information content (AvgIpc) is 3.83. The van der Waals surface area contributed by atoms with Crippen LogP contribution >= 0.6 is 23.2 Å². The molecule has 3 aromatic rings. The maximum Gasteiger partial charge on any atom is 0.387 e. The minimum absolute atomic E-state index is 0.00789. The predicted molar refractivity (Wildman–Crippen MR) is 152 cm³/mol. The molecular formula is C29H29Cl2F2N2O7S+. The number of hydrogen-bond acceptors (Lipinski definition) is 7. The SMILES string of the molecule is O=C(O[C@@H](Cc1c(Cl)c[nH+]cc1Cl)c1ccc(OC(F)F)c(OCC2CC2)c1)[C@@H]1CN(S(=O)(=O)c2ccccc2)CCO1. The number of nitrogens with zero attached hydrogens (tertiary/aromatic N) is 1. The van der Waals surface area contributed by atoms with Gasteiger partial charge in [0, 0.05) is 18.5 Å². The minimum atomic E-state index is -3.88. The fourth-order valence-electron chi connectivity index (χ4n) is 4.55. The highest BCUT2D eigenvalue weighted by molar-refractivity contribution is 7.89. The number of benzene rings is 2. The zero-order valence-corrected chi connectivity index (χ0v) is 25.1. The van der Waals surface area contributed by atoms with Crippen LogP contribution < -0.4 is 14.5 Å². The molecule has 2 aliphatic rings. The van der Waals surface area contributed by atoms with Gasteiger partial charge < -0.3 is 18.9 Å². The number of H-pyrrole nitrogens is 1. The van der Waals surface area contributed by atoms with Crippen molar-refractivity contribution in [1.29, 1.82) is 0 Å². The van der Waals surface area contributed by atoms with Gasteiger partial charge in [0.1, 0.15) is 16.1 Å². The zero-order valence-electron chi connectivity index (χ0n) is 22.8. The van der Waals surface area contributed by atoms with Gasteiger partial charge in [0.25, 0.3) is 0 Å². The smallest absolute Gasteiger partial charge is 0.387 e. The lowest BCUT2D eigenvalue weighted by molar-refractivity contribution is -0.377. The van der Waals surface area contributed by atoms with Gasteiger partial charge in [0.2, 0.25) is 10.0 Å². The van der Waals surface area contributed by atoms with Crippen LogP contribution in [0.1, 0.15) is 30.1 Å². The number of aromatic amines is 1. The van der Waals surface area contributed by atoms with Crippen molar-refractivity contribution < 1.29 is 45.9 Å². The Morgan fingerprint density at radius 2 is 1.79 bits per heavy atom. The summed E-state index contributed by atoms with van der Waals surface area (Å²) in [7, 11) is -3.88. The van der Waals surface area contributed by atoms with Crippen LogP contribution in [0, 0.1) is 5.92 Å². The van der Waals surface area contributed by atoms with Crippen molar-refractivity contribution >= 4 is 39.2 Å². The number of carbonyl (C=O) groups is 1. The number of morpholine rings is 1. The van der Waals surface area contributed by atoms with Gasteiger partial charge in [-0.05, 0) is 48.6 Å². The number of sulfonamides is 1.